The number of hydrogen-bond donors (Lipinski definition) is 2. The molecule has 4 bridgehead atoms. The number of hydrogen-bond acceptors (Lipinski definition) is 7. The fourth-order valence-corrected chi connectivity index (χ4v) is 3.23. The molecule has 2 N–H and O–H groups in total. The molecule has 10 nitrogen and oxygen atoms in total. The summed E-state index contributed by atoms with van der Waals surface area (Å²) in [6, 6.07) is 5.93. The number of esters is 1. The lowest BCUT2D eigenvalue weighted by molar-refractivity contribution is -0.160. The van der Waals surface area contributed by atoms with Crippen LogP contribution in [0.3, 0.4) is 0 Å². The average Bonchev–Trinajstić information content (AvgIpc) is 2.76. The highest BCUT2D eigenvalue weighted by Gasteiger charge is 2.28. The Morgan fingerprint density at radius 1 is 1.00 bits per heavy atom. The number of rotatable bonds is 0. The van der Waals surface area contributed by atoms with Gasteiger partial charge >= 0.3 is 12.1 Å². The second-order valence-corrected chi connectivity index (χ2v) is 7.15. The molecule has 5 rings (SSSR count). The minimum Gasteiger partial charge on any atom is -0.426 e. The second-order valence-electron chi connectivity index (χ2n) is 7.15. The summed E-state index contributed by atoms with van der Waals surface area (Å²) in [4.78, 5) is 50.2. The number of nitrogens with zero attached hydrogens (tertiary/aromatic N) is 1. The Morgan fingerprint density at radius 2 is 1.70 bits per heavy atom. The van der Waals surface area contributed by atoms with Crippen molar-refractivity contribution in [1.82, 2.24) is 15.5 Å². The van der Waals surface area contributed by atoms with Crippen LogP contribution in [0, 0.1) is 0 Å². The molecule has 0 aromatic heterocycles. The molecule has 4 aliphatic rings. The van der Waals surface area contributed by atoms with E-state index >= 15 is 0 Å². The van der Waals surface area contributed by atoms with Gasteiger partial charge in [-0.2, -0.15) is 0 Å². The number of amides is 3. The Hall–Kier alpha value is -3.14. The van der Waals surface area contributed by atoms with Crippen molar-refractivity contribution in [2.24, 2.45) is 0 Å². The SMILES string of the molecule is C[C@@H]1NC(=O)c2ccc(cc2)CNC(=O)OCOC(=O)COC2CCN(CC2)C1=O. The normalized spacial score (nSPS) is 24.4. The molecule has 4 heterocycles. The summed E-state index contributed by atoms with van der Waals surface area (Å²) in [7, 11) is 0. The first-order chi connectivity index (χ1) is 14.4. The van der Waals surface area contributed by atoms with Crippen LogP contribution in [-0.2, 0) is 30.3 Å². The van der Waals surface area contributed by atoms with Crippen molar-refractivity contribution in [1.29, 1.82) is 0 Å². The summed E-state index contributed by atoms with van der Waals surface area (Å²) in [5, 5.41) is 5.24. The number of benzene rings is 1. The lowest BCUT2D eigenvalue weighted by Crippen LogP contribution is -2.50. The van der Waals surface area contributed by atoms with Gasteiger partial charge in [0, 0.05) is 25.2 Å². The molecule has 30 heavy (non-hydrogen) atoms. The van der Waals surface area contributed by atoms with Gasteiger partial charge in [-0.05, 0) is 37.5 Å². The van der Waals surface area contributed by atoms with E-state index < -0.39 is 24.9 Å². The highest BCUT2D eigenvalue weighted by atomic mass is 16.7. The van der Waals surface area contributed by atoms with Crippen molar-refractivity contribution in [2.45, 2.75) is 38.5 Å². The number of piperidine rings is 1. The number of alkyl carbamates (subject to hydrolysis) is 1. The summed E-state index contributed by atoms with van der Waals surface area (Å²) < 4.78 is 15.1. The van der Waals surface area contributed by atoms with Crippen LogP contribution in [0.15, 0.2) is 24.3 Å². The van der Waals surface area contributed by atoms with Crippen molar-refractivity contribution in [3.63, 3.8) is 0 Å². The fraction of sp³-hybridized carbons (Fsp3) is 0.500. The van der Waals surface area contributed by atoms with Crippen LogP contribution in [0.25, 0.3) is 0 Å². The molecule has 3 amide bonds. The molecule has 1 aromatic rings. The predicted octanol–water partition coefficient (Wildman–Crippen LogP) is 0.553. The molecule has 1 fully saturated rings. The summed E-state index contributed by atoms with van der Waals surface area (Å²) in [5.41, 5.74) is 1.15. The smallest absolute Gasteiger partial charge is 0.410 e. The first-order valence-electron chi connectivity index (χ1n) is 9.79. The third kappa shape index (κ3) is 5.93. The van der Waals surface area contributed by atoms with Gasteiger partial charge in [0.2, 0.25) is 12.7 Å². The Kier molecular flexibility index (Phi) is 7.23. The van der Waals surface area contributed by atoms with Crippen LogP contribution in [0.5, 0.6) is 0 Å². The van der Waals surface area contributed by atoms with Crippen LogP contribution in [0.2, 0.25) is 0 Å². The number of carbonyl (C=O) groups is 4. The topological polar surface area (TPSA) is 123 Å². The molecule has 0 spiro atoms. The zero-order valence-corrected chi connectivity index (χ0v) is 16.7. The van der Waals surface area contributed by atoms with Crippen molar-refractivity contribution < 1.29 is 33.4 Å². The molecule has 0 saturated carbocycles. The molecular weight excluding hydrogens is 394 g/mol. The monoisotopic (exact) mass is 419 g/mol. The minimum atomic E-state index is -0.740. The first kappa shape index (κ1) is 21.6. The van der Waals surface area contributed by atoms with Gasteiger partial charge in [0.1, 0.15) is 12.6 Å². The fourth-order valence-electron chi connectivity index (χ4n) is 3.23. The average molecular weight is 419 g/mol. The lowest BCUT2D eigenvalue weighted by Gasteiger charge is -2.33. The molecule has 10 heteroatoms. The van der Waals surface area contributed by atoms with Gasteiger partial charge in [0.25, 0.3) is 5.91 Å². The Labute approximate surface area is 173 Å². The molecule has 1 atom stereocenters. The highest BCUT2D eigenvalue weighted by molar-refractivity contribution is 5.97. The van der Waals surface area contributed by atoms with Gasteiger partial charge in [-0.1, -0.05) is 12.1 Å². The van der Waals surface area contributed by atoms with Crippen LogP contribution in [0.1, 0.15) is 35.7 Å². The van der Waals surface area contributed by atoms with Crippen LogP contribution < -0.4 is 10.6 Å². The number of ether oxygens (including phenoxy) is 3. The maximum atomic E-state index is 12.6. The zero-order valence-electron chi connectivity index (χ0n) is 16.7. The van der Waals surface area contributed by atoms with Crippen molar-refractivity contribution >= 4 is 23.9 Å². The molecule has 1 aromatic carbocycles. The first-order valence-corrected chi connectivity index (χ1v) is 9.79. The van der Waals surface area contributed by atoms with Crippen molar-refractivity contribution in [3.8, 4) is 0 Å². The number of nitrogens with one attached hydrogen (secondary N) is 2. The summed E-state index contributed by atoms with van der Waals surface area (Å²) in [5.74, 6) is -1.16. The summed E-state index contributed by atoms with van der Waals surface area (Å²) in [6.45, 7) is 1.98. The lowest BCUT2D eigenvalue weighted by atomic mass is 10.1. The third-order valence-corrected chi connectivity index (χ3v) is 4.97. The van der Waals surface area contributed by atoms with E-state index in [2.05, 4.69) is 10.6 Å². The van der Waals surface area contributed by atoms with E-state index in [1.54, 1.807) is 36.1 Å². The van der Waals surface area contributed by atoms with Crippen LogP contribution in [0.4, 0.5) is 4.79 Å². The molecule has 4 aliphatic heterocycles. The number of fused-ring (bicyclic) bond motifs is 2. The van der Waals surface area contributed by atoms with Gasteiger partial charge in [0.05, 0.1) is 6.10 Å². The second kappa shape index (κ2) is 10.1. The third-order valence-electron chi connectivity index (χ3n) is 4.97. The van der Waals surface area contributed by atoms with Crippen LogP contribution >= 0.6 is 0 Å². The van der Waals surface area contributed by atoms with E-state index in [0.717, 1.165) is 5.56 Å². The van der Waals surface area contributed by atoms with Gasteiger partial charge in [-0.3, -0.25) is 9.59 Å². The van der Waals surface area contributed by atoms with E-state index in [9.17, 15) is 19.2 Å². The van der Waals surface area contributed by atoms with E-state index in [-0.39, 0.29) is 31.1 Å². The van der Waals surface area contributed by atoms with Gasteiger partial charge in [-0.25, -0.2) is 9.59 Å². The molecule has 0 aliphatic carbocycles. The van der Waals surface area contributed by atoms with E-state index in [4.69, 9.17) is 14.2 Å². The molecule has 0 radical (unpaired) electrons. The van der Waals surface area contributed by atoms with Gasteiger partial charge < -0.3 is 29.7 Å². The zero-order chi connectivity index (χ0) is 21.5. The van der Waals surface area contributed by atoms with E-state index in [0.29, 0.717) is 31.5 Å². The Morgan fingerprint density at radius 3 is 2.40 bits per heavy atom. The quantitative estimate of drug-likeness (QED) is 0.589. The summed E-state index contributed by atoms with van der Waals surface area (Å²) in [6.07, 6.45) is 0.222. The van der Waals surface area contributed by atoms with Gasteiger partial charge in [-0.15, -0.1) is 0 Å². The van der Waals surface area contributed by atoms with E-state index in [1.807, 2.05) is 0 Å². The Bertz CT molecular complexity index is 788. The van der Waals surface area contributed by atoms with Crippen molar-refractivity contribution in [3.05, 3.63) is 35.4 Å². The number of carbonyl (C=O) groups excluding carboxylic acids is 4. The molecule has 162 valence electrons. The molecule has 0 unspecified atom stereocenters. The molecule has 1 saturated heterocycles. The molecular formula is C20H25N3O7. The largest absolute Gasteiger partial charge is 0.426 e. The highest BCUT2D eigenvalue weighted by Crippen LogP contribution is 2.15. The predicted molar refractivity (Wildman–Crippen MR) is 103 cm³/mol. The van der Waals surface area contributed by atoms with Crippen molar-refractivity contribution in [2.75, 3.05) is 26.5 Å². The maximum Gasteiger partial charge on any atom is 0.410 e. The minimum absolute atomic E-state index is 0.163. The van der Waals surface area contributed by atoms with Gasteiger partial charge in [0.15, 0.2) is 0 Å². The standard InChI is InChI=1S/C20H25N3O7/c1-13-19(26)23-8-6-16(7-9-23)28-11-17(24)29-12-30-20(27)21-10-14-2-4-15(5-3-14)18(25)22-13/h2-5,13,16H,6-12H2,1H3,(H,21,27)(H,22,25)/t13-/m0/s1. The maximum absolute atomic E-state index is 12.6. The Balaban J connectivity index is 1.68. The van der Waals surface area contributed by atoms with E-state index in [1.165, 1.54) is 0 Å². The summed E-state index contributed by atoms with van der Waals surface area (Å²) >= 11 is 0. The van der Waals surface area contributed by atoms with Crippen LogP contribution in [-0.4, -0.2) is 67.4 Å².